The molecule has 26 heavy (non-hydrogen) atoms. The number of hydrogen-bond acceptors (Lipinski definition) is 5. The van der Waals surface area contributed by atoms with E-state index < -0.39 is 39.7 Å². The number of carbonyl (C=O) groups excluding carboxylic acids is 2. The Bertz CT molecular complexity index is 718. The average molecular weight is 384 g/mol. The smallest absolute Gasteiger partial charge is 0.326 e. The number of carboxylic acids is 1. The highest BCUT2D eigenvalue weighted by molar-refractivity contribution is 7.90. The molecule has 0 aliphatic carbocycles. The Balaban J connectivity index is 2.90. The highest BCUT2D eigenvalue weighted by Crippen LogP contribution is 2.09. The Morgan fingerprint density at radius 2 is 1.77 bits per heavy atom. The van der Waals surface area contributed by atoms with Crippen LogP contribution in [0.5, 0.6) is 0 Å². The highest BCUT2D eigenvalue weighted by Gasteiger charge is 2.29. The summed E-state index contributed by atoms with van der Waals surface area (Å²) in [5, 5.41) is 11.7. The molecule has 9 heteroatoms. The molecule has 0 saturated heterocycles. The third-order valence-corrected chi connectivity index (χ3v) is 4.75. The van der Waals surface area contributed by atoms with Crippen LogP contribution in [0.4, 0.5) is 0 Å². The van der Waals surface area contributed by atoms with Gasteiger partial charge in [0.1, 0.15) is 24.1 Å². The first-order valence-corrected chi connectivity index (χ1v) is 9.80. The molecule has 0 aromatic heterocycles. The maximum atomic E-state index is 12.5. The van der Waals surface area contributed by atoms with Gasteiger partial charge in [0.25, 0.3) is 0 Å². The maximum absolute atomic E-state index is 12.5. The van der Waals surface area contributed by atoms with Gasteiger partial charge in [-0.25, -0.2) is 17.9 Å². The molecule has 1 aromatic rings. The van der Waals surface area contributed by atoms with E-state index in [0.717, 1.165) is 5.56 Å². The molecule has 8 nitrogen and oxygen atoms in total. The number of carboxylic acid groups (broad SMARTS) is 1. The summed E-state index contributed by atoms with van der Waals surface area (Å²) in [7, 11) is -3.96. The second-order valence-electron chi connectivity index (χ2n) is 6.34. The summed E-state index contributed by atoms with van der Waals surface area (Å²) >= 11 is 0. The standard InChI is InChI=1S/C17H24N2O6S/c1-12(2)10-14(19-26(24,25)9-8-20)16(21)18-15(17(22)23)11-13-6-4-3-5-7-13/h3-8,12,14-15,19H,9-11H2,1-2H3,(H,18,21)(H,22,23)/t14-,15-/m0/s1. The van der Waals surface area contributed by atoms with E-state index in [1.54, 1.807) is 44.2 Å². The molecule has 0 aliphatic rings. The van der Waals surface area contributed by atoms with Crippen molar-refractivity contribution >= 4 is 28.2 Å². The van der Waals surface area contributed by atoms with Crippen molar-refractivity contribution in [3.63, 3.8) is 0 Å². The molecule has 0 radical (unpaired) electrons. The van der Waals surface area contributed by atoms with Crippen LogP contribution in [0.15, 0.2) is 30.3 Å². The quantitative estimate of drug-likeness (QED) is 0.472. The van der Waals surface area contributed by atoms with Crippen LogP contribution in [-0.4, -0.2) is 49.5 Å². The fourth-order valence-electron chi connectivity index (χ4n) is 2.36. The lowest BCUT2D eigenvalue weighted by molar-refractivity contribution is -0.142. The summed E-state index contributed by atoms with van der Waals surface area (Å²) in [6, 6.07) is 6.42. The summed E-state index contributed by atoms with van der Waals surface area (Å²) in [6.45, 7) is 3.60. The van der Waals surface area contributed by atoms with Crippen LogP contribution < -0.4 is 10.0 Å². The molecule has 0 aliphatic heterocycles. The number of aliphatic carboxylic acids is 1. The first kappa shape index (κ1) is 21.8. The van der Waals surface area contributed by atoms with Gasteiger partial charge in [0.2, 0.25) is 15.9 Å². The van der Waals surface area contributed by atoms with Gasteiger partial charge < -0.3 is 15.2 Å². The highest BCUT2D eigenvalue weighted by atomic mass is 32.2. The number of sulfonamides is 1. The van der Waals surface area contributed by atoms with Gasteiger partial charge in [0.05, 0.1) is 0 Å². The van der Waals surface area contributed by atoms with E-state index in [-0.39, 0.29) is 25.0 Å². The number of amides is 1. The van der Waals surface area contributed by atoms with E-state index in [1.165, 1.54) is 0 Å². The lowest BCUT2D eigenvalue weighted by Gasteiger charge is -2.22. The second kappa shape index (κ2) is 10.0. The molecular weight excluding hydrogens is 360 g/mol. The molecule has 0 unspecified atom stereocenters. The second-order valence-corrected chi connectivity index (χ2v) is 8.14. The van der Waals surface area contributed by atoms with Gasteiger partial charge in [-0.2, -0.15) is 0 Å². The van der Waals surface area contributed by atoms with Crippen molar-refractivity contribution in [2.75, 3.05) is 5.75 Å². The summed E-state index contributed by atoms with van der Waals surface area (Å²) in [6.07, 6.45) is 0.459. The SMILES string of the molecule is CC(C)C[C@H](NS(=O)(=O)CC=O)C(=O)N[C@@H](Cc1ccccc1)C(=O)O. The third kappa shape index (κ3) is 7.75. The summed E-state index contributed by atoms with van der Waals surface area (Å²) in [5.41, 5.74) is 0.724. The molecule has 0 fully saturated rings. The summed E-state index contributed by atoms with van der Waals surface area (Å²) < 4.78 is 25.8. The Kier molecular flexibility index (Phi) is 8.40. The van der Waals surface area contributed by atoms with Crippen molar-refractivity contribution in [2.45, 2.75) is 38.8 Å². The zero-order valence-corrected chi connectivity index (χ0v) is 15.5. The Labute approximate surface area is 153 Å². The number of aldehydes is 1. The van der Waals surface area contributed by atoms with Crippen molar-refractivity contribution in [1.82, 2.24) is 10.0 Å². The molecule has 1 aromatic carbocycles. The van der Waals surface area contributed by atoms with Crippen molar-refractivity contribution < 1.29 is 27.9 Å². The Hall–Kier alpha value is -2.26. The van der Waals surface area contributed by atoms with Crippen LogP contribution in [0.25, 0.3) is 0 Å². The normalized spacial score (nSPS) is 13.8. The van der Waals surface area contributed by atoms with Crippen molar-refractivity contribution in [3.8, 4) is 0 Å². The predicted molar refractivity (Wildman–Crippen MR) is 95.9 cm³/mol. The van der Waals surface area contributed by atoms with Gasteiger partial charge in [0.15, 0.2) is 0 Å². The van der Waals surface area contributed by atoms with E-state index in [2.05, 4.69) is 10.0 Å². The first-order valence-electron chi connectivity index (χ1n) is 8.15. The van der Waals surface area contributed by atoms with Crippen molar-refractivity contribution in [1.29, 1.82) is 0 Å². The van der Waals surface area contributed by atoms with Crippen LogP contribution in [0.1, 0.15) is 25.8 Å². The number of nitrogens with one attached hydrogen (secondary N) is 2. The molecule has 3 N–H and O–H groups in total. The number of hydrogen-bond donors (Lipinski definition) is 3. The van der Waals surface area contributed by atoms with Gasteiger partial charge in [-0.3, -0.25) is 4.79 Å². The van der Waals surface area contributed by atoms with Gasteiger partial charge in [-0.15, -0.1) is 0 Å². The minimum Gasteiger partial charge on any atom is -0.480 e. The summed E-state index contributed by atoms with van der Waals surface area (Å²) in [4.78, 5) is 34.4. The van der Waals surface area contributed by atoms with Crippen LogP contribution in [0.3, 0.4) is 0 Å². The van der Waals surface area contributed by atoms with Crippen molar-refractivity contribution in [3.05, 3.63) is 35.9 Å². The van der Waals surface area contributed by atoms with Gasteiger partial charge in [-0.1, -0.05) is 44.2 Å². The maximum Gasteiger partial charge on any atom is 0.326 e. The monoisotopic (exact) mass is 384 g/mol. The molecule has 0 spiro atoms. The van der Waals surface area contributed by atoms with E-state index in [9.17, 15) is 27.9 Å². The molecule has 0 saturated carbocycles. The lowest BCUT2D eigenvalue weighted by atomic mass is 10.0. The Morgan fingerprint density at radius 3 is 2.27 bits per heavy atom. The number of carbonyl (C=O) groups is 3. The van der Waals surface area contributed by atoms with E-state index in [0.29, 0.717) is 0 Å². The molecule has 1 amide bonds. The number of benzene rings is 1. The number of rotatable bonds is 11. The zero-order chi connectivity index (χ0) is 19.7. The average Bonchev–Trinajstić information content (AvgIpc) is 2.53. The first-order chi connectivity index (χ1) is 12.1. The van der Waals surface area contributed by atoms with Crippen LogP contribution in [-0.2, 0) is 30.8 Å². The minimum absolute atomic E-state index is 0.0258. The van der Waals surface area contributed by atoms with E-state index >= 15 is 0 Å². The topological polar surface area (TPSA) is 130 Å². The molecule has 0 bridgehead atoms. The van der Waals surface area contributed by atoms with E-state index in [1.807, 2.05) is 0 Å². The Morgan fingerprint density at radius 1 is 1.15 bits per heavy atom. The van der Waals surface area contributed by atoms with Crippen LogP contribution in [0.2, 0.25) is 0 Å². The fraction of sp³-hybridized carbons (Fsp3) is 0.471. The lowest BCUT2D eigenvalue weighted by Crippen LogP contribution is -2.53. The fourth-order valence-corrected chi connectivity index (χ4v) is 3.27. The van der Waals surface area contributed by atoms with Crippen molar-refractivity contribution in [2.24, 2.45) is 5.92 Å². The third-order valence-electron chi connectivity index (χ3n) is 3.53. The molecule has 0 heterocycles. The van der Waals surface area contributed by atoms with Gasteiger partial charge in [-0.05, 0) is 17.9 Å². The minimum atomic E-state index is -3.96. The van der Waals surface area contributed by atoms with E-state index in [4.69, 9.17) is 0 Å². The molecular formula is C17H24N2O6S. The molecule has 144 valence electrons. The zero-order valence-electron chi connectivity index (χ0n) is 14.7. The summed E-state index contributed by atoms with van der Waals surface area (Å²) in [5.74, 6) is -2.75. The van der Waals surface area contributed by atoms with Gasteiger partial charge in [0, 0.05) is 6.42 Å². The van der Waals surface area contributed by atoms with Crippen LogP contribution >= 0.6 is 0 Å². The predicted octanol–water partition coefficient (Wildman–Crippen LogP) is 0.332. The van der Waals surface area contributed by atoms with Crippen LogP contribution in [0, 0.1) is 5.92 Å². The molecule has 1 rings (SSSR count). The van der Waals surface area contributed by atoms with Gasteiger partial charge >= 0.3 is 5.97 Å². The largest absolute Gasteiger partial charge is 0.480 e. The molecule has 2 atom stereocenters.